The number of hydrogen-bond donors (Lipinski definition) is 0. The Bertz CT molecular complexity index is 1250. The van der Waals surface area contributed by atoms with Crippen LogP contribution in [0.1, 0.15) is 446 Å². The van der Waals surface area contributed by atoms with Crippen molar-refractivity contribution in [3.8, 4) is 0 Å². The molecule has 0 saturated heterocycles. The summed E-state index contributed by atoms with van der Waals surface area (Å²) in [6.07, 6.45) is 79.7. The number of hydrogen-bond acceptors (Lipinski definition) is 6. The van der Waals surface area contributed by atoms with Gasteiger partial charge in [0.25, 0.3) is 0 Å². The van der Waals surface area contributed by atoms with Crippen LogP contribution in [0.25, 0.3) is 0 Å². The van der Waals surface area contributed by atoms with Crippen molar-refractivity contribution < 1.29 is 28.6 Å². The first-order valence-corrected chi connectivity index (χ1v) is 38.7. The molecule has 0 spiro atoms. The summed E-state index contributed by atoms with van der Waals surface area (Å²) in [5.74, 6) is 1.91. The van der Waals surface area contributed by atoms with Crippen LogP contribution >= 0.6 is 0 Å². The van der Waals surface area contributed by atoms with Gasteiger partial charge in [0.05, 0.1) is 0 Å². The maximum absolute atomic E-state index is 13.0. The van der Waals surface area contributed by atoms with Crippen LogP contribution in [-0.2, 0) is 28.6 Å². The monoisotopic (exact) mass is 1190 g/mol. The lowest BCUT2D eigenvalue weighted by molar-refractivity contribution is -0.167. The van der Waals surface area contributed by atoms with E-state index in [9.17, 15) is 14.4 Å². The normalized spacial score (nSPS) is 13.1. The molecular weight excluding hydrogens is 1030 g/mol. The fraction of sp³-hybridized carbons (Fsp3) is 0.962. The molecule has 0 aliphatic carbocycles. The average molecular weight is 1190 g/mol. The highest BCUT2D eigenvalue weighted by Crippen LogP contribution is 2.21. The molecule has 0 fully saturated rings. The molecule has 84 heavy (non-hydrogen) atoms. The summed E-state index contributed by atoms with van der Waals surface area (Å²) in [5.41, 5.74) is 0. The van der Waals surface area contributed by atoms with Crippen molar-refractivity contribution in [3.63, 3.8) is 0 Å². The Kier molecular flexibility index (Phi) is 67.6. The number of carbonyl (C=O) groups is 3. The van der Waals surface area contributed by atoms with Crippen LogP contribution in [0.5, 0.6) is 0 Å². The highest BCUT2D eigenvalue weighted by atomic mass is 16.6. The van der Waals surface area contributed by atoms with Gasteiger partial charge in [-0.2, -0.15) is 0 Å². The summed E-state index contributed by atoms with van der Waals surface area (Å²) < 4.78 is 17.1. The summed E-state index contributed by atoms with van der Waals surface area (Å²) >= 11 is 0. The largest absolute Gasteiger partial charge is 0.462 e. The number of carbonyl (C=O) groups excluding carboxylic acids is 3. The maximum Gasteiger partial charge on any atom is 0.306 e. The van der Waals surface area contributed by atoms with Crippen molar-refractivity contribution in [3.05, 3.63) is 0 Å². The third kappa shape index (κ3) is 66.4. The van der Waals surface area contributed by atoms with E-state index in [0.717, 1.165) is 75.5 Å². The van der Waals surface area contributed by atoms with Crippen LogP contribution in [0.2, 0.25) is 0 Å². The molecule has 0 aromatic rings. The second-order valence-electron chi connectivity index (χ2n) is 27.7. The standard InChI is InChI=1S/C78H152O6/c1-7-72(4)64-58-52-46-40-34-28-22-16-10-13-19-25-31-37-43-49-55-61-67-76(79)82-70-75(84-78(81)69-63-57-51-45-39-33-27-21-15-12-18-24-30-36-42-48-54-60-66-74(6)9-3)71-83-77(80)68-62-56-50-44-38-32-26-20-14-11-17-23-29-35-41-47-53-59-65-73(5)8-2/h72-75H,7-71H2,1-6H3. The first-order chi connectivity index (χ1) is 41.2. The molecule has 0 aliphatic rings. The number of unbranched alkanes of at least 4 members (excludes halogenated alkanes) is 51. The van der Waals surface area contributed by atoms with Gasteiger partial charge in [-0.05, 0) is 37.0 Å². The van der Waals surface area contributed by atoms with Gasteiger partial charge in [0, 0.05) is 19.3 Å². The van der Waals surface area contributed by atoms with E-state index in [4.69, 9.17) is 14.2 Å². The van der Waals surface area contributed by atoms with E-state index < -0.39 is 6.10 Å². The second-order valence-corrected chi connectivity index (χ2v) is 27.7. The van der Waals surface area contributed by atoms with Crippen LogP contribution in [0, 0.1) is 17.8 Å². The summed E-state index contributed by atoms with van der Waals surface area (Å²) in [6, 6.07) is 0. The van der Waals surface area contributed by atoms with Crippen LogP contribution in [-0.4, -0.2) is 37.2 Å². The average Bonchev–Trinajstić information content (AvgIpc) is 3.50. The predicted molar refractivity (Wildman–Crippen MR) is 367 cm³/mol. The van der Waals surface area contributed by atoms with Crippen molar-refractivity contribution in [2.75, 3.05) is 13.2 Å². The summed E-state index contributed by atoms with van der Waals surface area (Å²) in [6.45, 7) is 14.0. The fourth-order valence-electron chi connectivity index (χ4n) is 12.3. The molecule has 0 amide bonds. The third-order valence-electron chi connectivity index (χ3n) is 19.2. The van der Waals surface area contributed by atoms with Crippen molar-refractivity contribution in [2.45, 2.75) is 452 Å². The van der Waals surface area contributed by atoms with E-state index in [-0.39, 0.29) is 31.1 Å². The lowest BCUT2D eigenvalue weighted by atomic mass is 9.99. The number of esters is 3. The minimum atomic E-state index is -0.766. The molecular formula is C78H152O6. The van der Waals surface area contributed by atoms with E-state index in [1.807, 2.05) is 0 Å². The molecule has 0 aromatic carbocycles. The summed E-state index contributed by atoms with van der Waals surface area (Å²) in [5, 5.41) is 0. The molecule has 3 unspecified atom stereocenters. The molecule has 0 rings (SSSR count). The molecule has 0 aliphatic heterocycles. The SMILES string of the molecule is CCC(C)CCCCCCCCCCCCCCCCCCCCC(=O)OCC(COC(=O)CCCCCCCCCCCCCCCCCCCCC(C)CC)OC(=O)CCCCCCCCCCCCCCCCCCCCC(C)CC. The molecule has 0 N–H and O–H groups in total. The molecule has 3 atom stereocenters. The van der Waals surface area contributed by atoms with E-state index in [0.29, 0.717) is 19.3 Å². The zero-order valence-corrected chi connectivity index (χ0v) is 58.2. The highest BCUT2D eigenvalue weighted by Gasteiger charge is 2.20. The van der Waals surface area contributed by atoms with Crippen molar-refractivity contribution in [2.24, 2.45) is 17.8 Å². The van der Waals surface area contributed by atoms with Gasteiger partial charge in [-0.3, -0.25) is 14.4 Å². The van der Waals surface area contributed by atoms with Gasteiger partial charge in [0.2, 0.25) is 0 Å². The summed E-state index contributed by atoms with van der Waals surface area (Å²) in [4.78, 5) is 38.6. The molecule has 0 aromatic heterocycles. The van der Waals surface area contributed by atoms with Crippen LogP contribution in [0.3, 0.4) is 0 Å². The Morgan fingerprint density at radius 1 is 0.226 bits per heavy atom. The van der Waals surface area contributed by atoms with E-state index in [1.54, 1.807) is 0 Å². The van der Waals surface area contributed by atoms with Crippen molar-refractivity contribution >= 4 is 17.9 Å². The molecule has 0 heterocycles. The first-order valence-electron chi connectivity index (χ1n) is 38.7. The van der Waals surface area contributed by atoms with Gasteiger partial charge in [-0.25, -0.2) is 0 Å². The van der Waals surface area contributed by atoms with Gasteiger partial charge < -0.3 is 14.2 Å². The highest BCUT2D eigenvalue weighted by molar-refractivity contribution is 5.71. The lowest BCUT2D eigenvalue weighted by Crippen LogP contribution is -2.30. The Morgan fingerprint density at radius 3 is 0.560 bits per heavy atom. The number of rotatable bonds is 71. The first kappa shape index (κ1) is 82.4. The zero-order chi connectivity index (χ0) is 61.1. The Labute approximate surface area is 527 Å². The van der Waals surface area contributed by atoms with Crippen LogP contribution in [0.15, 0.2) is 0 Å². The lowest BCUT2D eigenvalue weighted by Gasteiger charge is -2.18. The van der Waals surface area contributed by atoms with Crippen molar-refractivity contribution in [1.29, 1.82) is 0 Å². The number of ether oxygens (including phenoxy) is 3. The maximum atomic E-state index is 13.0. The quantitative estimate of drug-likeness (QED) is 0.0343. The predicted octanol–water partition coefficient (Wildman–Crippen LogP) is 26.5. The van der Waals surface area contributed by atoms with Gasteiger partial charge in [0.15, 0.2) is 6.10 Å². The second kappa shape index (κ2) is 68.9. The molecule has 6 nitrogen and oxygen atoms in total. The smallest absolute Gasteiger partial charge is 0.306 e. The zero-order valence-electron chi connectivity index (χ0n) is 58.2. The topological polar surface area (TPSA) is 78.9 Å². The van der Waals surface area contributed by atoms with E-state index >= 15 is 0 Å². The van der Waals surface area contributed by atoms with E-state index in [2.05, 4.69) is 41.5 Å². The van der Waals surface area contributed by atoms with E-state index in [1.165, 1.54) is 327 Å². The molecule has 0 saturated carbocycles. The van der Waals surface area contributed by atoms with Gasteiger partial charge in [0.1, 0.15) is 13.2 Å². The van der Waals surface area contributed by atoms with Crippen LogP contribution < -0.4 is 0 Å². The van der Waals surface area contributed by atoms with Gasteiger partial charge in [-0.1, -0.05) is 408 Å². The molecule has 0 radical (unpaired) electrons. The minimum absolute atomic E-state index is 0.0612. The summed E-state index contributed by atoms with van der Waals surface area (Å²) in [7, 11) is 0. The Hall–Kier alpha value is -1.59. The Morgan fingerprint density at radius 2 is 0.381 bits per heavy atom. The van der Waals surface area contributed by atoms with Gasteiger partial charge >= 0.3 is 17.9 Å². The van der Waals surface area contributed by atoms with Crippen LogP contribution in [0.4, 0.5) is 0 Å². The van der Waals surface area contributed by atoms with Gasteiger partial charge in [-0.15, -0.1) is 0 Å². The fourth-order valence-corrected chi connectivity index (χ4v) is 12.3. The molecule has 6 heteroatoms. The molecule has 0 bridgehead atoms. The van der Waals surface area contributed by atoms with Crippen molar-refractivity contribution in [1.82, 2.24) is 0 Å². The minimum Gasteiger partial charge on any atom is -0.462 e. The molecule has 500 valence electrons. The third-order valence-corrected chi connectivity index (χ3v) is 19.2. The Balaban J connectivity index is 4.28.